The first kappa shape index (κ1) is 12.7. The van der Waals surface area contributed by atoms with E-state index in [1.807, 2.05) is 0 Å². The van der Waals surface area contributed by atoms with Gasteiger partial charge in [0.25, 0.3) is 5.91 Å². The van der Waals surface area contributed by atoms with E-state index in [2.05, 4.69) is 29.2 Å². The molecule has 5 heteroatoms. The molecule has 1 saturated heterocycles. The Balaban J connectivity index is 1.55. The summed E-state index contributed by atoms with van der Waals surface area (Å²) in [7, 11) is 0. The van der Waals surface area contributed by atoms with Gasteiger partial charge in [0.2, 0.25) is 0 Å². The van der Waals surface area contributed by atoms with Crippen molar-refractivity contribution in [2.75, 3.05) is 13.1 Å². The van der Waals surface area contributed by atoms with Crippen LogP contribution in [0.5, 0.6) is 0 Å². The van der Waals surface area contributed by atoms with Crippen LogP contribution in [0.3, 0.4) is 0 Å². The quantitative estimate of drug-likeness (QED) is 0.899. The predicted molar refractivity (Wildman–Crippen MR) is 71.1 cm³/mol. The molecule has 0 spiro atoms. The molecule has 1 aromatic heterocycles. The number of hydrogen-bond donors (Lipinski definition) is 1. The molecule has 3 rings (SSSR count). The third-order valence-corrected chi connectivity index (χ3v) is 4.03. The van der Waals surface area contributed by atoms with Crippen LogP contribution in [0.1, 0.15) is 55.3 Å². The Morgan fingerprint density at radius 1 is 1.47 bits per heavy atom. The van der Waals surface area contributed by atoms with Crippen LogP contribution in [0.25, 0.3) is 0 Å². The van der Waals surface area contributed by atoms with Crippen LogP contribution in [0.4, 0.5) is 0 Å². The Morgan fingerprint density at radius 3 is 2.89 bits per heavy atom. The molecule has 0 radical (unpaired) electrons. The standard InChI is InChI=1S/C14H21N3O2/c1-9(2)17-6-5-11(8-17)15-14(18)12-7-13(19-16-12)10-3-4-10/h7,9-11H,3-6,8H2,1-2H3,(H,15,18)/t11-/m1/s1. The summed E-state index contributed by atoms with van der Waals surface area (Å²) in [6.45, 7) is 6.35. The van der Waals surface area contributed by atoms with Crippen molar-refractivity contribution in [1.29, 1.82) is 0 Å². The summed E-state index contributed by atoms with van der Waals surface area (Å²) in [6, 6.07) is 2.56. The van der Waals surface area contributed by atoms with Gasteiger partial charge in [-0.3, -0.25) is 9.69 Å². The molecule has 0 unspecified atom stereocenters. The monoisotopic (exact) mass is 263 g/mol. The van der Waals surface area contributed by atoms with Crippen molar-refractivity contribution in [2.24, 2.45) is 0 Å². The smallest absolute Gasteiger partial charge is 0.273 e. The maximum Gasteiger partial charge on any atom is 0.273 e. The first-order valence-corrected chi connectivity index (χ1v) is 7.15. The first-order valence-electron chi connectivity index (χ1n) is 7.15. The molecule has 1 aliphatic carbocycles. The van der Waals surface area contributed by atoms with E-state index in [9.17, 15) is 4.79 Å². The van der Waals surface area contributed by atoms with Crippen LogP contribution >= 0.6 is 0 Å². The van der Waals surface area contributed by atoms with Crippen molar-refractivity contribution in [3.8, 4) is 0 Å². The van der Waals surface area contributed by atoms with E-state index in [0.29, 0.717) is 17.7 Å². The van der Waals surface area contributed by atoms with Crippen LogP contribution in [-0.4, -0.2) is 41.1 Å². The number of carbonyl (C=O) groups excluding carboxylic acids is 1. The highest BCUT2D eigenvalue weighted by atomic mass is 16.5. The van der Waals surface area contributed by atoms with Gasteiger partial charge in [0.05, 0.1) is 0 Å². The Bertz CT molecular complexity index is 465. The van der Waals surface area contributed by atoms with E-state index in [1.54, 1.807) is 6.07 Å². The average Bonchev–Trinajstić information content (AvgIpc) is 2.92. The Hall–Kier alpha value is -1.36. The van der Waals surface area contributed by atoms with Gasteiger partial charge in [0.1, 0.15) is 5.76 Å². The maximum absolute atomic E-state index is 12.1. The first-order chi connectivity index (χ1) is 9.13. The molecule has 1 N–H and O–H groups in total. The summed E-state index contributed by atoms with van der Waals surface area (Å²) in [5.41, 5.74) is 0.421. The van der Waals surface area contributed by atoms with Gasteiger partial charge in [-0.05, 0) is 33.1 Å². The van der Waals surface area contributed by atoms with Gasteiger partial charge in [-0.15, -0.1) is 0 Å². The summed E-state index contributed by atoms with van der Waals surface area (Å²) in [4.78, 5) is 14.5. The lowest BCUT2D eigenvalue weighted by Crippen LogP contribution is -2.38. The topological polar surface area (TPSA) is 58.4 Å². The van der Waals surface area contributed by atoms with E-state index in [0.717, 1.165) is 38.1 Å². The third kappa shape index (κ3) is 2.81. The summed E-state index contributed by atoms with van der Waals surface area (Å²) in [5.74, 6) is 1.25. The Kier molecular flexibility index (Phi) is 3.31. The molecule has 1 aliphatic heterocycles. The molecular weight excluding hydrogens is 242 g/mol. The summed E-state index contributed by atoms with van der Waals surface area (Å²) in [6.07, 6.45) is 3.32. The van der Waals surface area contributed by atoms with Crippen molar-refractivity contribution < 1.29 is 9.32 Å². The minimum atomic E-state index is -0.105. The molecule has 0 aromatic carbocycles. The minimum absolute atomic E-state index is 0.105. The fraction of sp³-hybridized carbons (Fsp3) is 0.714. The van der Waals surface area contributed by atoms with E-state index < -0.39 is 0 Å². The molecule has 0 bridgehead atoms. The molecule has 2 fully saturated rings. The summed E-state index contributed by atoms with van der Waals surface area (Å²) in [5, 5.41) is 6.92. The average molecular weight is 263 g/mol. The molecule has 104 valence electrons. The third-order valence-electron chi connectivity index (χ3n) is 4.03. The second kappa shape index (κ2) is 4.96. The van der Waals surface area contributed by atoms with Gasteiger partial charge >= 0.3 is 0 Å². The van der Waals surface area contributed by atoms with Crippen molar-refractivity contribution in [3.63, 3.8) is 0 Å². The fourth-order valence-corrected chi connectivity index (χ4v) is 2.59. The van der Waals surface area contributed by atoms with Crippen molar-refractivity contribution in [3.05, 3.63) is 17.5 Å². The predicted octanol–water partition coefficient (Wildman–Crippen LogP) is 1.76. The van der Waals surface area contributed by atoms with Crippen LogP contribution < -0.4 is 5.32 Å². The SMILES string of the molecule is CC(C)N1CC[C@@H](NC(=O)c2cc(C3CC3)on2)C1. The number of rotatable bonds is 4. The van der Waals surface area contributed by atoms with Gasteiger partial charge in [-0.2, -0.15) is 0 Å². The largest absolute Gasteiger partial charge is 0.360 e. The highest BCUT2D eigenvalue weighted by Gasteiger charge is 2.30. The van der Waals surface area contributed by atoms with Gasteiger partial charge in [0, 0.05) is 37.2 Å². The highest BCUT2D eigenvalue weighted by molar-refractivity contribution is 5.92. The van der Waals surface area contributed by atoms with Gasteiger partial charge < -0.3 is 9.84 Å². The van der Waals surface area contributed by atoms with E-state index in [-0.39, 0.29) is 11.9 Å². The zero-order chi connectivity index (χ0) is 13.4. The molecule has 1 saturated carbocycles. The number of amides is 1. The Labute approximate surface area is 113 Å². The number of nitrogens with one attached hydrogen (secondary N) is 1. The molecule has 1 aromatic rings. The zero-order valence-corrected chi connectivity index (χ0v) is 11.6. The number of carbonyl (C=O) groups is 1. The van der Waals surface area contributed by atoms with E-state index in [1.165, 1.54) is 0 Å². The molecule has 1 atom stereocenters. The lowest BCUT2D eigenvalue weighted by Gasteiger charge is -2.20. The minimum Gasteiger partial charge on any atom is -0.360 e. The lowest BCUT2D eigenvalue weighted by atomic mass is 10.2. The number of aromatic nitrogens is 1. The fourth-order valence-electron chi connectivity index (χ4n) is 2.59. The van der Waals surface area contributed by atoms with Crippen LogP contribution in [0.15, 0.2) is 10.6 Å². The molecule has 2 heterocycles. The van der Waals surface area contributed by atoms with Crippen LogP contribution in [0, 0.1) is 0 Å². The number of nitrogens with zero attached hydrogens (tertiary/aromatic N) is 2. The maximum atomic E-state index is 12.1. The van der Waals surface area contributed by atoms with E-state index in [4.69, 9.17) is 4.52 Å². The van der Waals surface area contributed by atoms with Crippen molar-refractivity contribution >= 4 is 5.91 Å². The molecular formula is C14H21N3O2. The Morgan fingerprint density at radius 2 is 2.26 bits per heavy atom. The zero-order valence-electron chi connectivity index (χ0n) is 11.6. The lowest BCUT2D eigenvalue weighted by molar-refractivity contribution is 0.0927. The van der Waals surface area contributed by atoms with Gasteiger partial charge in [0.15, 0.2) is 5.69 Å². The number of hydrogen-bond acceptors (Lipinski definition) is 4. The molecule has 1 amide bonds. The molecule has 5 nitrogen and oxygen atoms in total. The van der Waals surface area contributed by atoms with Crippen molar-refractivity contribution in [1.82, 2.24) is 15.4 Å². The second-order valence-electron chi connectivity index (χ2n) is 5.94. The summed E-state index contributed by atoms with van der Waals surface area (Å²) < 4.78 is 5.21. The number of likely N-dealkylation sites (tertiary alicyclic amines) is 1. The second-order valence-corrected chi connectivity index (χ2v) is 5.94. The van der Waals surface area contributed by atoms with Crippen LogP contribution in [-0.2, 0) is 0 Å². The molecule has 19 heavy (non-hydrogen) atoms. The molecule has 2 aliphatic rings. The van der Waals surface area contributed by atoms with Crippen LogP contribution in [0.2, 0.25) is 0 Å². The highest BCUT2D eigenvalue weighted by Crippen LogP contribution is 2.40. The van der Waals surface area contributed by atoms with Crippen molar-refractivity contribution in [2.45, 2.75) is 51.1 Å². The van der Waals surface area contributed by atoms with Gasteiger partial charge in [-0.25, -0.2) is 0 Å². The summed E-state index contributed by atoms with van der Waals surface area (Å²) >= 11 is 0. The van der Waals surface area contributed by atoms with Gasteiger partial charge in [-0.1, -0.05) is 5.16 Å². The normalized spacial score (nSPS) is 24.1. The van der Waals surface area contributed by atoms with E-state index >= 15 is 0 Å².